The molecule has 1 amide bonds. The Balaban J connectivity index is 1.59. The van der Waals surface area contributed by atoms with E-state index in [0.717, 1.165) is 17.3 Å². The van der Waals surface area contributed by atoms with Crippen molar-refractivity contribution < 1.29 is 18.0 Å². The van der Waals surface area contributed by atoms with E-state index in [-0.39, 0.29) is 17.5 Å². The van der Waals surface area contributed by atoms with Gasteiger partial charge in [-0.05, 0) is 60.7 Å². The second-order valence-electron chi connectivity index (χ2n) is 5.70. The number of benzene rings is 2. The maximum Gasteiger partial charge on any atom is 0.270 e. The van der Waals surface area contributed by atoms with Crippen molar-refractivity contribution in [1.29, 1.82) is 0 Å². The van der Waals surface area contributed by atoms with Crippen molar-refractivity contribution in [3.8, 4) is 11.3 Å². The number of halogens is 2. The zero-order valence-corrected chi connectivity index (χ0v) is 15.3. The van der Waals surface area contributed by atoms with E-state index < -0.39 is 0 Å². The van der Waals surface area contributed by atoms with Crippen molar-refractivity contribution >= 4 is 46.0 Å². The quantitative estimate of drug-likeness (QED) is 0.422. The van der Waals surface area contributed by atoms with Crippen LogP contribution in [0.25, 0.3) is 17.4 Å². The molecule has 1 aliphatic heterocycles. The maximum absolute atomic E-state index is 13.1. The van der Waals surface area contributed by atoms with Gasteiger partial charge in [0.05, 0.1) is 10.6 Å². The number of hydrogen-bond acceptors (Lipinski definition) is 4. The van der Waals surface area contributed by atoms with Crippen LogP contribution in [0.3, 0.4) is 0 Å². The minimum Gasteiger partial charge on any atom is -0.457 e. The lowest BCUT2D eigenvalue weighted by atomic mass is 10.2. The standard InChI is InChI=1S/C20H11F2NO2S2/c21-13-3-1-12(2-4-13)17-10-9-16(25-17)11-18-19(24)23(20(26)27-18)15-7-5-14(22)6-8-15/h1-11H. The van der Waals surface area contributed by atoms with E-state index in [9.17, 15) is 13.6 Å². The number of furan rings is 1. The first-order chi connectivity index (χ1) is 13.0. The average molecular weight is 399 g/mol. The van der Waals surface area contributed by atoms with Crippen LogP contribution in [0.5, 0.6) is 0 Å². The van der Waals surface area contributed by atoms with Gasteiger partial charge in [-0.1, -0.05) is 24.0 Å². The predicted octanol–water partition coefficient (Wildman–Crippen LogP) is 5.63. The summed E-state index contributed by atoms with van der Waals surface area (Å²) in [7, 11) is 0. The number of rotatable bonds is 3. The summed E-state index contributed by atoms with van der Waals surface area (Å²) in [4.78, 5) is 14.5. The van der Waals surface area contributed by atoms with Gasteiger partial charge in [0.1, 0.15) is 23.2 Å². The number of nitrogens with zero attached hydrogens (tertiary/aromatic N) is 1. The highest BCUT2D eigenvalue weighted by Crippen LogP contribution is 2.36. The summed E-state index contributed by atoms with van der Waals surface area (Å²) in [5.74, 6) is 0.0409. The first-order valence-corrected chi connectivity index (χ1v) is 9.13. The Morgan fingerprint density at radius 2 is 1.56 bits per heavy atom. The Morgan fingerprint density at radius 3 is 2.22 bits per heavy atom. The zero-order chi connectivity index (χ0) is 19.0. The molecule has 1 aliphatic rings. The number of carbonyl (C=O) groups is 1. The van der Waals surface area contributed by atoms with Crippen molar-refractivity contribution in [1.82, 2.24) is 0 Å². The lowest BCUT2D eigenvalue weighted by molar-refractivity contribution is -0.113. The molecule has 3 aromatic rings. The zero-order valence-electron chi connectivity index (χ0n) is 13.7. The van der Waals surface area contributed by atoms with Crippen molar-refractivity contribution in [3.63, 3.8) is 0 Å². The number of anilines is 1. The summed E-state index contributed by atoms with van der Waals surface area (Å²) in [6, 6.07) is 15.0. The van der Waals surface area contributed by atoms with Crippen LogP contribution in [-0.4, -0.2) is 10.2 Å². The molecule has 2 heterocycles. The lowest BCUT2D eigenvalue weighted by Gasteiger charge is -2.14. The van der Waals surface area contributed by atoms with E-state index in [1.54, 1.807) is 30.3 Å². The van der Waals surface area contributed by atoms with Gasteiger partial charge in [-0.2, -0.15) is 0 Å². The van der Waals surface area contributed by atoms with Crippen LogP contribution in [0, 0.1) is 11.6 Å². The second-order valence-corrected chi connectivity index (χ2v) is 7.38. The minimum atomic E-state index is -0.386. The third-order valence-corrected chi connectivity index (χ3v) is 5.21. The number of thiocarbonyl (C=S) groups is 1. The first-order valence-electron chi connectivity index (χ1n) is 7.90. The molecule has 0 aliphatic carbocycles. The summed E-state index contributed by atoms with van der Waals surface area (Å²) in [6.45, 7) is 0. The lowest BCUT2D eigenvalue weighted by Crippen LogP contribution is -2.27. The highest BCUT2D eigenvalue weighted by atomic mass is 32.2. The summed E-state index contributed by atoms with van der Waals surface area (Å²) < 4.78 is 32.2. The van der Waals surface area contributed by atoms with Gasteiger partial charge in [0.25, 0.3) is 5.91 Å². The highest BCUT2D eigenvalue weighted by molar-refractivity contribution is 8.27. The summed E-state index contributed by atoms with van der Waals surface area (Å²) >= 11 is 6.44. The van der Waals surface area contributed by atoms with Crippen molar-refractivity contribution in [2.45, 2.75) is 0 Å². The number of carbonyl (C=O) groups excluding carboxylic acids is 1. The molecule has 0 N–H and O–H groups in total. The third-order valence-electron chi connectivity index (χ3n) is 3.91. The van der Waals surface area contributed by atoms with E-state index in [4.69, 9.17) is 16.6 Å². The van der Waals surface area contributed by atoms with Crippen LogP contribution in [0.15, 0.2) is 70.0 Å². The molecule has 0 spiro atoms. The molecule has 27 heavy (non-hydrogen) atoms. The van der Waals surface area contributed by atoms with Crippen molar-refractivity contribution in [2.75, 3.05) is 4.90 Å². The minimum absolute atomic E-state index is 0.295. The van der Waals surface area contributed by atoms with Crippen LogP contribution in [-0.2, 0) is 4.79 Å². The molecule has 134 valence electrons. The van der Waals surface area contributed by atoms with Gasteiger partial charge in [-0.3, -0.25) is 9.69 Å². The molecule has 1 fully saturated rings. The normalized spacial score (nSPS) is 15.8. The fourth-order valence-electron chi connectivity index (χ4n) is 2.61. The van der Waals surface area contributed by atoms with Gasteiger partial charge in [0.2, 0.25) is 0 Å². The predicted molar refractivity (Wildman–Crippen MR) is 106 cm³/mol. The average Bonchev–Trinajstić information content (AvgIpc) is 3.22. The molecule has 0 radical (unpaired) electrons. The van der Waals surface area contributed by atoms with E-state index >= 15 is 0 Å². The van der Waals surface area contributed by atoms with Gasteiger partial charge < -0.3 is 4.42 Å². The monoisotopic (exact) mass is 399 g/mol. The van der Waals surface area contributed by atoms with Gasteiger partial charge in [-0.15, -0.1) is 0 Å². The first kappa shape index (κ1) is 17.6. The molecular formula is C20H11F2NO2S2. The fourth-order valence-corrected chi connectivity index (χ4v) is 3.89. The van der Waals surface area contributed by atoms with Crippen LogP contribution in [0.1, 0.15) is 5.76 Å². The number of amides is 1. The molecule has 4 rings (SSSR count). The highest BCUT2D eigenvalue weighted by Gasteiger charge is 2.33. The van der Waals surface area contributed by atoms with Crippen molar-refractivity contribution in [2.24, 2.45) is 0 Å². The topological polar surface area (TPSA) is 33.5 Å². The SMILES string of the molecule is O=C1C(=Cc2ccc(-c3ccc(F)cc3)o2)SC(=S)N1c1ccc(F)cc1. The van der Waals surface area contributed by atoms with Gasteiger partial charge >= 0.3 is 0 Å². The van der Waals surface area contributed by atoms with Crippen LogP contribution in [0.4, 0.5) is 14.5 Å². The van der Waals surface area contributed by atoms with Gasteiger partial charge in [-0.25, -0.2) is 8.78 Å². The Bertz CT molecular complexity index is 1060. The molecule has 0 unspecified atom stereocenters. The molecule has 1 aromatic heterocycles. The molecule has 2 aromatic carbocycles. The number of hydrogen-bond donors (Lipinski definition) is 0. The van der Waals surface area contributed by atoms with Crippen LogP contribution < -0.4 is 4.90 Å². The summed E-state index contributed by atoms with van der Waals surface area (Å²) in [5.41, 5.74) is 1.24. The van der Waals surface area contributed by atoms with E-state index in [1.807, 2.05) is 0 Å². The van der Waals surface area contributed by atoms with E-state index in [1.165, 1.54) is 41.3 Å². The fraction of sp³-hybridized carbons (Fsp3) is 0. The Hall–Kier alpha value is -2.77. The third kappa shape index (κ3) is 3.56. The second kappa shape index (κ2) is 7.09. The van der Waals surface area contributed by atoms with Gasteiger partial charge in [0.15, 0.2) is 4.32 Å². The van der Waals surface area contributed by atoms with E-state index in [0.29, 0.717) is 26.4 Å². The molecule has 0 atom stereocenters. The Labute approximate surface area is 163 Å². The molecular weight excluding hydrogens is 388 g/mol. The Morgan fingerprint density at radius 1 is 0.926 bits per heavy atom. The Kier molecular flexibility index (Phi) is 4.63. The van der Waals surface area contributed by atoms with Crippen LogP contribution >= 0.6 is 24.0 Å². The maximum atomic E-state index is 13.1. The number of thioether (sulfide) groups is 1. The van der Waals surface area contributed by atoms with Crippen molar-refractivity contribution in [3.05, 3.63) is 83.0 Å². The van der Waals surface area contributed by atoms with Gasteiger partial charge in [0, 0.05) is 11.6 Å². The molecule has 0 saturated carbocycles. The largest absolute Gasteiger partial charge is 0.457 e. The summed E-state index contributed by atoms with van der Waals surface area (Å²) in [6.07, 6.45) is 1.61. The van der Waals surface area contributed by atoms with E-state index in [2.05, 4.69) is 0 Å². The summed E-state index contributed by atoms with van der Waals surface area (Å²) in [5, 5.41) is 0. The molecule has 0 bridgehead atoms. The molecule has 1 saturated heterocycles. The molecule has 3 nitrogen and oxygen atoms in total. The van der Waals surface area contributed by atoms with Crippen LogP contribution in [0.2, 0.25) is 0 Å². The molecule has 7 heteroatoms. The smallest absolute Gasteiger partial charge is 0.270 e.